The maximum atomic E-state index is 11.9. The van der Waals surface area contributed by atoms with Crippen LogP contribution in [0.5, 0.6) is 0 Å². The van der Waals surface area contributed by atoms with Crippen LogP contribution in [-0.4, -0.2) is 16.9 Å². The fourth-order valence-electron chi connectivity index (χ4n) is 1.45. The van der Waals surface area contributed by atoms with Crippen LogP contribution in [0.3, 0.4) is 0 Å². The summed E-state index contributed by atoms with van der Waals surface area (Å²) in [6.45, 7) is 6.15. The molecule has 0 aliphatic heterocycles. The summed E-state index contributed by atoms with van der Waals surface area (Å²) in [6, 6.07) is 7.89. The minimum absolute atomic E-state index is 0.0158. The molecule has 1 unspecified atom stereocenters. The first-order valence-electron chi connectivity index (χ1n) is 6.12. The van der Waals surface area contributed by atoms with Crippen LogP contribution >= 0.6 is 11.8 Å². The van der Waals surface area contributed by atoms with Crippen molar-refractivity contribution in [1.29, 1.82) is 0 Å². The SMILES string of the molecule is CCCCSC(C)C(=O)Nc1cccc(C)c1. The maximum absolute atomic E-state index is 11.9. The van der Waals surface area contributed by atoms with E-state index in [4.69, 9.17) is 0 Å². The smallest absolute Gasteiger partial charge is 0.237 e. The van der Waals surface area contributed by atoms with E-state index in [1.807, 2.05) is 38.1 Å². The first-order chi connectivity index (χ1) is 8.13. The van der Waals surface area contributed by atoms with Gasteiger partial charge in [0.2, 0.25) is 5.91 Å². The third kappa shape index (κ3) is 5.26. The van der Waals surface area contributed by atoms with E-state index in [1.54, 1.807) is 11.8 Å². The fraction of sp³-hybridized carbons (Fsp3) is 0.500. The quantitative estimate of drug-likeness (QED) is 0.778. The lowest BCUT2D eigenvalue weighted by molar-refractivity contribution is -0.115. The van der Waals surface area contributed by atoms with Crippen molar-refractivity contribution in [3.05, 3.63) is 29.8 Å². The van der Waals surface area contributed by atoms with E-state index in [-0.39, 0.29) is 11.2 Å². The Kier molecular flexibility index (Phi) is 6.12. The molecule has 0 fully saturated rings. The van der Waals surface area contributed by atoms with Crippen LogP contribution in [-0.2, 0) is 4.79 Å². The minimum Gasteiger partial charge on any atom is -0.325 e. The van der Waals surface area contributed by atoms with E-state index in [0.717, 1.165) is 17.0 Å². The lowest BCUT2D eigenvalue weighted by Gasteiger charge is -2.12. The van der Waals surface area contributed by atoms with Crippen molar-refractivity contribution < 1.29 is 4.79 Å². The molecule has 1 N–H and O–H groups in total. The Hall–Kier alpha value is -0.960. The van der Waals surface area contributed by atoms with Crippen molar-refractivity contribution in [2.24, 2.45) is 0 Å². The number of thioether (sulfide) groups is 1. The molecule has 0 saturated heterocycles. The van der Waals surface area contributed by atoms with Gasteiger partial charge in [-0.3, -0.25) is 4.79 Å². The summed E-state index contributed by atoms with van der Waals surface area (Å²) in [7, 11) is 0. The van der Waals surface area contributed by atoms with Crippen LogP contribution in [0.4, 0.5) is 5.69 Å². The number of anilines is 1. The van der Waals surface area contributed by atoms with Gasteiger partial charge >= 0.3 is 0 Å². The largest absolute Gasteiger partial charge is 0.325 e. The molecule has 0 aromatic heterocycles. The number of aryl methyl sites for hydroxylation is 1. The summed E-state index contributed by atoms with van der Waals surface area (Å²) in [5, 5.41) is 2.97. The molecular formula is C14H21NOS. The van der Waals surface area contributed by atoms with E-state index < -0.39 is 0 Å². The third-order valence-corrected chi connectivity index (χ3v) is 3.76. The molecule has 1 rings (SSSR count). The highest BCUT2D eigenvalue weighted by Crippen LogP contribution is 2.16. The molecular weight excluding hydrogens is 230 g/mol. The highest BCUT2D eigenvalue weighted by Gasteiger charge is 2.12. The number of nitrogens with one attached hydrogen (secondary N) is 1. The summed E-state index contributed by atoms with van der Waals surface area (Å²) < 4.78 is 0. The standard InChI is InChI=1S/C14H21NOS/c1-4-5-9-17-12(3)14(16)15-13-8-6-7-11(2)10-13/h6-8,10,12H,4-5,9H2,1-3H3,(H,15,16). The van der Waals surface area contributed by atoms with Crippen molar-refractivity contribution >= 4 is 23.4 Å². The van der Waals surface area contributed by atoms with Gasteiger partial charge in [0.25, 0.3) is 0 Å². The summed E-state index contributed by atoms with van der Waals surface area (Å²) in [6.07, 6.45) is 2.35. The van der Waals surface area contributed by atoms with E-state index in [1.165, 1.54) is 12.8 Å². The second kappa shape index (κ2) is 7.38. The number of benzene rings is 1. The van der Waals surface area contributed by atoms with Crippen LogP contribution in [0, 0.1) is 6.92 Å². The average molecular weight is 251 g/mol. The predicted octanol–water partition coefficient (Wildman–Crippen LogP) is 3.86. The van der Waals surface area contributed by atoms with E-state index in [0.29, 0.717) is 0 Å². The Bertz CT molecular complexity index is 365. The molecule has 0 aliphatic rings. The van der Waals surface area contributed by atoms with Crippen LogP contribution < -0.4 is 5.32 Å². The zero-order chi connectivity index (χ0) is 12.7. The van der Waals surface area contributed by atoms with Crippen molar-refractivity contribution in [2.75, 3.05) is 11.1 Å². The zero-order valence-corrected chi connectivity index (χ0v) is 11.6. The summed E-state index contributed by atoms with van der Waals surface area (Å²) in [4.78, 5) is 11.9. The van der Waals surface area contributed by atoms with Gasteiger partial charge in [-0.2, -0.15) is 0 Å². The molecule has 1 aromatic carbocycles. The Morgan fingerprint density at radius 1 is 1.47 bits per heavy atom. The lowest BCUT2D eigenvalue weighted by atomic mass is 10.2. The van der Waals surface area contributed by atoms with Crippen molar-refractivity contribution in [3.8, 4) is 0 Å². The molecule has 17 heavy (non-hydrogen) atoms. The van der Waals surface area contributed by atoms with E-state index in [2.05, 4.69) is 12.2 Å². The van der Waals surface area contributed by atoms with Gasteiger partial charge in [-0.1, -0.05) is 25.5 Å². The number of unbranched alkanes of at least 4 members (excludes halogenated alkanes) is 1. The van der Waals surface area contributed by atoms with Gasteiger partial charge in [-0.05, 0) is 43.7 Å². The number of amides is 1. The molecule has 0 radical (unpaired) electrons. The molecule has 94 valence electrons. The van der Waals surface area contributed by atoms with Crippen LogP contribution in [0.15, 0.2) is 24.3 Å². The zero-order valence-electron chi connectivity index (χ0n) is 10.8. The Morgan fingerprint density at radius 2 is 2.24 bits per heavy atom. The van der Waals surface area contributed by atoms with Crippen molar-refractivity contribution in [1.82, 2.24) is 0 Å². The normalized spacial score (nSPS) is 12.2. The lowest BCUT2D eigenvalue weighted by Crippen LogP contribution is -2.22. The highest BCUT2D eigenvalue weighted by molar-refractivity contribution is 8.00. The van der Waals surface area contributed by atoms with Gasteiger partial charge in [0.05, 0.1) is 5.25 Å². The maximum Gasteiger partial charge on any atom is 0.237 e. The first-order valence-corrected chi connectivity index (χ1v) is 7.17. The fourth-order valence-corrected chi connectivity index (χ4v) is 2.47. The molecule has 0 aliphatic carbocycles. The van der Waals surface area contributed by atoms with Gasteiger partial charge in [0.1, 0.15) is 0 Å². The predicted molar refractivity (Wildman–Crippen MR) is 76.6 cm³/mol. The van der Waals surface area contributed by atoms with Gasteiger partial charge in [0, 0.05) is 5.69 Å². The number of hydrogen-bond acceptors (Lipinski definition) is 2. The molecule has 0 spiro atoms. The van der Waals surface area contributed by atoms with Gasteiger partial charge < -0.3 is 5.32 Å². The Labute approximate surface area is 108 Å². The average Bonchev–Trinajstić information content (AvgIpc) is 2.29. The topological polar surface area (TPSA) is 29.1 Å². The molecule has 1 amide bonds. The third-order valence-electron chi connectivity index (χ3n) is 2.52. The monoisotopic (exact) mass is 251 g/mol. The van der Waals surface area contributed by atoms with E-state index in [9.17, 15) is 4.79 Å². The van der Waals surface area contributed by atoms with Gasteiger partial charge in [0.15, 0.2) is 0 Å². The number of carbonyl (C=O) groups is 1. The van der Waals surface area contributed by atoms with Crippen molar-refractivity contribution in [3.63, 3.8) is 0 Å². The van der Waals surface area contributed by atoms with Gasteiger partial charge in [-0.25, -0.2) is 0 Å². The summed E-state index contributed by atoms with van der Waals surface area (Å²) >= 11 is 1.72. The highest BCUT2D eigenvalue weighted by atomic mass is 32.2. The number of rotatable bonds is 6. The molecule has 0 heterocycles. The van der Waals surface area contributed by atoms with Crippen LogP contribution in [0.1, 0.15) is 32.3 Å². The molecule has 2 nitrogen and oxygen atoms in total. The Balaban J connectivity index is 2.43. The molecule has 0 bridgehead atoms. The second-order valence-corrected chi connectivity index (χ2v) is 5.67. The van der Waals surface area contributed by atoms with Crippen LogP contribution in [0.25, 0.3) is 0 Å². The van der Waals surface area contributed by atoms with Gasteiger partial charge in [-0.15, -0.1) is 11.8 Å². The molecule has 0 saturated carbocycles. The van der Waals surface area contributed by atoms with Crippen LogP contribution in [0.2, 0.25) is 0 Å². The van der Waals surface area contributed by atoms with E-state index >= 15 is 0 Å². The number of hydrogen-bond donors (Lipinski definition) is 1. The summed E-state index contributed by atoms with van der Waals surface area (Å²) in [5.74, 6) is 1.15. The minimum atomic E-state index is 0.0158. The molecule has 1 atom stereocenters. The summed E-state index contributed by atoms with van der Waals surface area (Å²) in [5.41, 5.74) is 2.05. The van der Waals surface area contributed by atoms with Crippen molar-refractivity contribution in [2.45, 2.75) is 38.9 Å². The Morgan fingerprint density at radius 3 is 2.88 bits per heavy atom. The second-order valence-electron chi connectivity index (χ2n) is 4.23. The molecule has 3 heteroatoms. The molecule has 1 aromatic rings. The number of carbonyl (C=O) groups excluding carboxylic acids is 1. The first kappa shape index (κ1) is 14.1.